The van der Waals surface area contributed by atoms with E-state index in [4.69, 9.17) is 5.73 Å². The largest absolute Gasteiger partial charge is 0.368 e. The molecule has 19 heavy (non-hydrogen) atoms. The average Bonchev–Trinajstić information content (AvgIpc) is 3.11. The minimum absolute atomic E-state index is 0.211. The van der Waals surface area contributed by atoms with Gasteiger partial charge in [0.2, 0.25) is 5.91 Å². The summed E-state index contributed by atoms with van der Waals surface area (Å²) in [6.45, 7) is 9.90. The monoisotopic (exact) mass is 267 g/mol. The number of primary amides is 1. The van der Waals surface area contributed by atoms with Gasteiger partial charge in [-0.3, -0.25) is 4.79 Å². The first-order chi connectivity index (χ1) is 8.81. The van der Waals surface area contributed by atoms with Gasteiger partial charge in [-0.15, -0.1) is 0 Å². The molecule has 0 aromatic heterocycles. The Labute approximate surface area is 117 Å². The van der Waals surface area contributed by atoms with Crippen molar-refractivity contribution in [2.24, 2.45) is 11.1 Å². The van der Waals surface area contributed by atoms with E-state index in [-0.39, 0.29) is 5.91 Å². The van der Waals surface area contributed by atoms with E-state index in [0.29, 0.717) is 11.5 Å². The molecule has 0 aromatic carbocycles. The number of nitrogens with two attached hydrogens (primary N) is 1. The van der Waals surface area contributed by atoms with Crippen LogP contribution in [-0.2, 0) is 4.79 Å². The van der Waals surface area contributed by atoms with E-state index >= 15 is 0 Å². The Kier molecular flexibility index (Phi) is 4.21. The van der Waals surface area contributed by atoms with Gasteiger partial charge in [0, 0.05) is 12.6 Å². The molecule has 1 unspecified atom stereocenters. The van der Waals surface area contributed by atoms with Crippen LogP contribution in [0.3, 0.4) is 0 Å². The van der Waals surface area contributed by atoms with E-state index in [1.807, 2.05) is 6.92 Å². The lowest BCUT2D eigenvalue weighted by molar-refractivity contribution is -0.124. The molecule has 2 rings (SSSR count). The fourth-order valence-electron chi connectivity index (χ4n) is 2.71. The van der Waals surface area contributed by atoms with Crippen molar-refractivity contribution in [3.05, 3.63) is 0 Å². The topological polar surface area (TPSA) is 58.4 Å². The zero-order valence-corrected chi connectivity index (χ0v) is 12.7. The van der Waals surface area contributed by atoms with Crippen molar-refractivity contribution in [2.45, 2.75) is 64.5 Å². The molecule has 4 nitrogen and oxygen atoms in total. The molecule has 0 radical (unpaired) electrons. The summed E-state index contributed by atoms with van der Waals surface area (Å²) in [4.78, 5) is 14.2. The van der Waals surface area contributed by atoms with Crippen LogP contribution in [0.2, 0.25) is 0 Å². The summed E-state index contributed by atoms with van der Waals surface area (Å²) >= 11 is 0. The number of nitrogens with zero attached hydrogens (tertiary/aromatic N) is 1. The standard InChI is InChI=1S/C15H29N3O/c1-14(2)6-9-18(10-7-14)11-8-15(3,13(16)19)17-12-4-5-12/h12,17H,4-11H2,1-3H3,(H2,16,19). The van der Waals surface area contributed by atoms with Crippen LogP contribution in [0.4, 0.5) is 0 Å². The SMILES string of the molecule is CC1(C)CCN(CCC(C)(NC2CC2)C(N)=O)CC1. The fourth-order valence-corrected chi connectivity index (χ4v) is 2.71. The number of hydrogen-bond acceptors (Lipinski definition) is 3. The van der Waals surface area contributed by atoms with Crippen LogP contribution < -0.4 is 11.1 Å². The molecule has 1 amide bonds. The lowest BCUT2D eigenvalue weighted by Gasteiger charge is -2.38. The van der Waals surface area contributed by atoms with Gasteiger partial charge in [-0.05, 0) is 57.5 Å². The Bertz CT molecular complexity index is 328. The van der Waals surface area contributed by atoms with Crippen LogP contribution in [0.15, 0.2) is 0 Å². The molecule has 0 spiro atoms. The first-order valence-corrected chi connectivity index (χ1v) is 7.61. The molecule has 2 fully saturated rings. The van der Waals surface area contributed by atoms with Crippen molar-refractivity contribution >= 4 is 5.91 Å². The highest BCUT2D eigenvalue weighted by Gasteiger charge is 2.37. The second kappa shape index (κ2) is 5.41. The number of likely N-dealkylation sites (tertiary alicyclic amines) is 1. The first kappa shape index (κ1) is 14.8. The summed E-state index contributed by atoms with van der Waals surface area (Å²) in [5.41, 5.74) is 5.53. The van der Waals surface area contributed by atoms with E-state index in [1.165, 1.54) is 25.7 Å². The lowest BCUT2D eigenvalue weighted by atomic mass is 9.82. The molecule has 1 heterocycles. The molecule has 3 N–H and O–H groups in total. The number of nitrogens with one attached hydrogen (secondary N) is 1. The van der Waals surface area contributed by atoms with Crippen molar-refractivity contribution in [1.82, 2.24) is 10.2 Å². The van der Waals surface area contributed by atoms with Gasteiger partial charge in [0.1, 0.15) is 0 Å². The van der Waals surface area contributed by atoms with Gasteiger partial charge >= 0.3 is 0 Å². The minimum Gasteiger partial charge on any atom is -0.368 e. The third-order valence-electron chi connectivity index (χ3n) is 4.78. The Hall–Kier alpha value is -0.610. The van der Waals surface area contributed by atoms with E-state index < -0.39 is 5.54 Å². The molecule has 2 aliphatic rings. The zero-order chi connectivity index (χ0) is 14.1. The van der Waals surface area contributed by atoms with E-state index in [2.05, 4.69) is 24.1 Å². The number of carbonyl (C=O) groups is 1. The van der Waals surface area contributed by atoms with Gasteiger partial charge in [0.15, 0.2) is 0 Å². The predicted molar refractivity (Wildman–Crippen MR) is 77.8 cm³/mol. The summed E-state index contributed by atoms with van der Waals surface area (Å²) < 4.78 is 0. The molecule has 0 bridgehead atoms. The van der Waals surface area contributed by atoms with Gasteiger partial charge in [-0.25, -0.2) is 0 Å². The maximum Gasteiger partial charge on any atom is 0.237 e. The highest BCUT2D eigenvalue weighted by atomic mass is 16.1. The van der Waals surface area contributed by atoms with Gasteiger partial charge in [0.05, 0.1) is 5.54 Å². The van der Waals surface area contributed by atoms with E-state index in [0.717, 1.165) is 26.1 Å². The summed E-state index contributed by atoms with van der Waals surface area (Å²) in [7, 11) is 0. The zero-order valence-electron chi connectivity index (χ0n) is 12.7. The highest BCUT2D eigenvalue weighted by molar-refractivity contribution is 5.84. The number of amides is 1. The smallest absolute Gasteiger partial charge is 0.237 e. The Morgan fingerprint density at radius 3 is 2.42 bits per heavy atom. The van der Waals surface area contributed by atoms with Crippen LogP contribution in [0, 0.1) is 5.41 Å². The summed E-state index contributed by atoms with van der Waals surface area (Å²) in [5, 5.41) is 3.42. The molecule has 1 saturated heterocycles. The molecule has 1 saturated carbocycles. The third-order valence-corrected chi connectivity index (χ3v) is 4.78. The van der Waals surface area contributed by atoms with Gasteiger partial charge in [0.25, 0.3) is 0 Å². The van der Waals surface area contributed by atoms with Crippen molar-refractivity contribution in [2.75, 3.05) is 19.6 Å². The molecule has 0 aromatic rings. The number of rotatable bonds is 6. The Balaban J connectivity index is 1.80. The maximum absolute atomic E-state index is 11.7. The average molecular weight is 267 g/mol. The summed E-state index contributed by atoms with van der Waals surface area (Å²) in [5.74, 6) is -0.211. The number of hydrogen-bond donors (Lipinski definition) is 2. The lowest BCUT2D eigenvalue weighted by Crippen LogP contribution is -2.55. The summed E-state index contributed by atoms with van der Waals surface area (Å²) in [6, 6.07) is 0.512. The second-order valence-electron chi connectivity index (χ2n) is 7.37. The van der Waals surface area contributed by atoms with Crippen LogP contribution in [0.25, 0.3) is 0 Å². The molecule has 1 atom stereocenters. The van der Waals surface area contributed by atoms with Gasteiger partial charge in [-0.2, -0.15) is 0 Å². The molecule has 110 valence electrons. The quantitative estimate of drug-likeness (QED) is 0.766. The van der Waals surface area contributed by atoms with Crippen LogP contribution in [0.5, 0.6) is 0 Å². The summed E-state index contributed by atoms with van der Waals surface area (Å²) in [6.07, 6.45) is 5.67. The normalized spacial score (nSPS) is 26.9. The first-order valence-electron chi connectivity index (χ1n) is 7.61. The highest BCUT2D eigenvalue weighted by Crippen LogP contribution is 2.30. The third kappa shape index (κ3) is 4.18. The number of piperidine rings is 1. The Morgan fingerprint density at radius 1 is 1.37 bits per heavy atom. The predicted octanol–water partition coefficient (Wildman–Crippen LogP) is 1.49. The van der Waals surface area contributed by atoms with E-state index in [1.54, 1.807) is 0 Å². The van der Waals surface area contributed by atoms with Gasteiger partial charge in [-0.1, -0.05) is 13.8 Å². The van der Waals surface area contributed by atoms with Crippen LogP contribution in [-0.4, -0.2) is 42.0 Å². The molecule has 1 aliphatic heterocycles. The molecule has 4 heteroatoms. The number of carbonyl (C=O) groups excluding carboxylic acids is 1. The fraction of sp³-hybridized carbons (Fsp3) is 0.933. The Morgan fingerprint density at radius 2 is 1.95 bits per heavy atom. The second-order valence-corrected chi connectivity index (χ2v) is 7.37. The molecular weight excluding hydrogens is 238 g/mol. The van der Waals surface area contributed by atoms with Crippen LogP contribution in [0.1, 0.15) is 52.9 Å². The van der Waals surface area contributed by atoms with E-state index in [9.17, 15) is 4.79 Å². The van der Waals surface area contributed by atoms with Gasteiger partial charge < -0.3 is 16.0 Å². The van der Waals surface area contributed by atoms with Crippen molar-refractivity contribution < 1.29 is 4.79 Å². The van der Waals surface area contributed by atoms with Crippen LogP contribution >= 0.6 is 0 Å². The minimum atomic E-state index is -0.534. The molecule has 1 aliphatic carbocycles. The maximum atomic E-state index is 11.7. The van der Waals surface area contributed by atoms with Crippen molar-refractivity contribution in [1.29, 1.82) is 0 Å². The molecular formula is C15H29N3O. The van der Waals surface area contributed by atoms with Crippen molar-refractivity contribution in [3.8, 4) is 0 Å². The van der Waals surface area contributed by atoms with Crippen molar-refractivity contribution in [3.63, 3.8) is 0 Å².